The molecule has 0 nitrogen and oxygen atoms in total. The van der Waals surface area contributed by atoms with Crippen molar-refractivity contribution in [2.45, 2.75) is 61.3 Å². The van der Waals surface area contributed by atoms with Gasteiger partial charge in [0.2, 0.25) is 0 Å². The number of alkyl halides is 2. The molecule has 0 atom stereocenters. The molecular weight excluding hydrogens is 386 g/mol. The van der Waals surface area contributed by atoms with Crippen LogP contribution in [-0.2, 0) is 5.92 Å². The number of benzene rings is 2. The number of rotatable bonds is 5. The van der Waals surface area contributed by atoms with Crippen molar-refractivity contribution in [3.63, 3.8) is 0 Å². The Labute approximate surface area is 188 Å². The third-order valence-corrected chi connectivity index (χ3v) is 4.76. The highest BCUT2D eigenvalue weighted by Gasteiger charge is 2.23. The predicted molar refractivity (Wildman–Crippen MR) is 136 cm³/mol. The van der Waals surface area contributed by atoms with E-state index in [4.69, 9.17) is 0 Å². The molecular formula is C29H38F2. The van der Waals surface area contributed by atoms with E-state index in [0.717, 1.165) is 18.1 Å². The summed E-state index contributed by atoms with van der Waals surface area (Å²) in [6, 6.07) is 12.8. The molecule has 0 saturated heterocycles. The van der Waals surface area contributed by atoms with Crippen LogP contribution >= 0.6 is 0 Å². The Hall–Kier alpha value is -2.74. The van der Waals surface area contributed by atoms with Crippen LogP contribution in [0.25, 0.3) is 11.1 Å². The maximum atomic E-state index is 12.6. The van der Waals surface area contributed by atoms with Gasteiger partial charge in [-0.3, -0.25) is 0 Å². The summed E-state index contributed by atoms with van der Waals surface area (Å²) in [6.45, 7) is 22.9. The van der Waals surface area contributed by atoms with Gasteiger partial charge in [0.15, 0.2) is 0 Å². The highest BCUT2D eigenvalue weighted by molar-refractivity contribution is 5.73. The molecule has 0 heterocycles. The number of aryl methyl sites for hydroxylation is 2. The molecule has 0 saturated carbocycles. The minimum atomic E-state index is -2.71. The summed E-state index contributed by atoms with van der Waals surface area (Å²) in [5, 5.41) is 0. The monoisotopic (exact) mass is 424 g/mol. The zero-order chi connectivity index (χ0) is 24.2. The average molecular weight is 425 g/mol. The van der Waals surface area contributed by atoms with Gasteiger partial charge in [-0.25, -0.2) is 8.78 Å². The van der Waals surface area contributed by atoms with Gasteiger partial charge >= 0.3 is 0 Å². The van der Waals surface area contributed by atoms with E-state index in [9.17, 15) is 8.78 Å². The van der Waals surface area contributed by atoms with Gasteiger partial charge in [-0.15, -0.1) is 0 Å². The third kappa shape index (κ3) is 9.74. The maximum absolute atomic E-state index is 12.6. The Kier molecular flexibility index (Phi) is 12.3. The van der Waals surface area contributed by atoms with Gasteiger partial charge < -0.3 is 0 Å². The van der Waals surface area contributed by atoms with E-state index in [-0.39, 0.29) is 5.56 Å². The van der Waals surface area contributed by atoms with E-state index in [2.05, 4.69) is 58.2 Å². The molecule has 2 heteroatoms. The fourth-order valence-corrected chi connectivity index (χ4v) is 2.75. The molecule has 0 aliphatic heterocycles. The lowest BCUT2D eigenvalue weighted by molar-refractivity contribution is 0.0174. The van der Waals surface area contributed by atoms with Crippen molar-refractivity contribution in [3.8, 4) is 0 Å². The molecule has 0 amide bonds. The van der Waals surface area contributed by atoms with Gasteiger partial charge in [0.05, 0.1) is 0 Å². The van der Waals surface area contributed by atoms with Crippen LogP contribution in [0.4, 0.5) is 8.78 Å². The van der Waals surface area contributed by atoms with Gasteiger partial charge in [0.1, 0.15) is 0 Å². The number of hydrogen-bond donors (Lipinski definition) is 0. The van der Waals surface area contributed by atoms with E-state index in [0.29, 0.717) is 0 Å². The predicted octanol–water partition coefficient (Wildman–Crippen LogP) is 9.70. The van der Waals surface area contributed by atoms with Crippen LogP contribution < -0.4 is 0 Å². The van der Waals surface area contributed by atoms with Crippen LogP contribution in [-0.4, -0.2) is 0 Å². The molecule has 0 aliphatic carbocycles. The van der Waals surface area contributed by atoms with E-state index >= 15 is 0 Å². The molecule has 0 N–H and O–H groups in total. The molecule has 0 bridgehead atoms. The fourth-order valence-electron chi connectivity index (χ4n) is 2.75. The average Bonchev–Trinajstić information content (AvgIpc) is 2.73. The first-order valence-corrected chi connectivity index (χ1v) is 10.7. The molecule has 2 rings (SSSR count). The van der Waals surface area contributed by atoms with Crippen LogP contribution in [0.15, 0.2) is 79.4 Å². The molecule has 168 valence electrons. The van der Waals surface area contributed by atoms with E-state index in [1.165, 1.54) is 40.0 Å². The molecule has 0 spiro atoms. The summed E-state index contributed by atoms with van der Waals surface area (Å²) in [5.41, 5.74) is 8.55. The van der Waals surface area contributed by atoms with E-state index < -0.39 is 5.92 Å². The molecule has 31 heavy (non-hydrogen) atoms. The zero-order valence-electron chi connectivity index (χ0n) is 20.4. The van der Waals surface area contributed by atoms with Crippen molar-refractivity contribution >= 4 is 11.1 Å². The van der Waals surface area contributed by atoms with Crippen LogP contribution in [0.2, 0.25) is 0 Å². The van der Waals surface area contributed by atoms with Gasteiger partial charge in [-0.05, 0) is 62.5 Å². The Morgan fingerprint density at radius 2 is 1.48 bits per heavy atom. The molecule has 0 fully saturated rings. The molecule has 0 radical (unpaired) electrons. The zero-order valence-corrected chi connectivity index (χ0v) is 20.4. The molecule has 2 aromatic rings. The van der Waals surface area contributed by atoms with Crippen LogP contribution in [0.1, 0.15) is 69.4 Å². The Morgan fingerprint density at radius 1 is 0.935 bits per heavy atom. The second-order valence-electron chi connectivity index (χ2n) is 7.47. The normalized spacial score (nSPS) is 11.5. The Bertz CT molecular complexity index is 905. The van der Waals surface area contributed by atoms with Crippen molar-refractivity contribution in [2.75, 3.05) is 0 Å². The fraction of sp³-hybridized carbons (Fsp3) is 0.310. The maximum Gasteiger partial charge on any atom is 0.270 e. The summed E-state index contributed by atoms with van der Waals surface area (Å²) in [6.07, 6.45) is 5.86. The first kappa shape index (κ1) is 28.3. The van der Waals surface area contributed by atoms with E-state index in [1.807, 2.05) is 33.8 Å². The molecule has 0 unspecified atom stereocenters. The van der Waals surface area contributed by atoms with Crippen LogP contribution in [0.5, 0.6) is 0 Å². The van der Waals surface area contributed by atoms with Crippen molar-refractivity contribution in [1.29, 1.82) is 0 Å². The second-order valence-corrected chi connectivity index (χ2v) is 7.47. The first-order valence-electron chi connectivity index (χ1n) is 10.7. The Balaban J connectivity index is 0.000000591. The second kappa shape index (κ2) is 13.5. The lowest BCUT2D eigenvalue weighted by Crippen LogP contribution is -2.06. The standard InChI is InChI=1S/C18H22.C9H10F2.C2H6/c1-7-8-9-14(4)16(6)18-11-10-17(13(2)3)12-15(18)5;1-7-3-5-8(6-4-7)9(2,10)11;1-2/h7-12H,1-2H2,3-6H3;3-6H,1-2H3;1-2H3/b9-8-,16-14+;;. The molecule has 0 aromatic heterocycles. The Morgan fingerprint density at radius 3 is 1.90 bits per heavy atom. The summed E-state index contributed by atoms with van der Waals surface area (Å²) < 4.78 is 25.2. The SMILES string of the molecule is C=C/C=C\C(C)=C(/C)c1ccc(C(=C)C)cc1C.CC.Cc1ccc(C(C)(F)F)cc1. The van der Waals surface area contributed by atoms with Gasteiger partial charge in [0.25, 0.3) is 5.92 Å². The number of hydrogen-bond acceptors (Lipinski definition) is 0. The highest BCUT2D eigenvalue weighted by atomic mass is 19.3. The number of allylic oxidation sites excluding steroid dienone is 6. The van der Waals surface area contributed by atoms with Crippen molar-refractivity contribution in [1.82, 2.24) is 0 Å². The van der Waals surface area contributed by atoms with Crippen LogP contribution in [0, 0.1) is 13.8 Å². The highest BCUT2D eigenvalue weighted by Crippen LogP contribution is 2.27. The smallest absolute Gasteiger partial charge is 0.202 e. The summed E-state index contributed by atoms with van der Waals surface area (Å²) in [7, 11) is 0. The lowest BCUT2D eigenvalue weighted by Gasteiger charge is -2.11. The van der Waals surface area contributed by atoms with Gasteiger partial charge in [-0.1, -0.05) is 98.8 Å². The number of halogens is 2. The van der Waals surface area contributed by atoms with Crippen molar-refractivity contribution < 1.29 is 8.78 Å². The molecule has 0 aliphatic rings. The van der Waals surface area contributed by atoms with Gasteiger partial charge in [0, 0.05) is 12.5 Å². The van der Waals surface area contributed by atoms with Crippen LogP contribution in [0.3, 0.4) is 0 Å². The lowest BCUT2D eigenvalue weighted by atomic mass is 9.94. The van der Waals surface area contributed by atoms with Crippen molar-refractivity contribution in [2.24, 2.45) is 0 Å². The topological polar surface area (TPSA) is 0 Å². The summed E-state index contributed by atoms with van der Waals surface area (Å²) in [5.74, 6) is -2.71. The minimum absolute atomic E-state index is 0.0723. The van der Waals surface area contributed by atoms with Gasteiger partial charge in [-0.2, -0.15) is 0 Å². The third-order valence-electron chi connectivity index (χ3n) is 4.76. The minimum Gasteiger partial charge on any atom is -0.202 e. The first-order chi connectivity index (χ1) is 14.5. The van der Waals surface area contributed by atoms with Crippen molar-refractivity contribution in [3.05, 3.63) is 107 Å². The van der Waals surface area contributed by atoms with E-state index in [1.54, 1.807) is 18.2 Å². The quantitative estimate of drug-likeness (QED) is 0.419. The summed E-state index contributed by atoms with van der Waals surface area (Å²) >= 11 is 0. The molecule has 2 aromatic carbocycles. The largest absolute Gasteiger partial charge is 0.270 e. The summed E-state index contributed by atoms with van der Waals surface area (Å²) in [4.78, 5) is 0.